The van der Waals surface area contributed by atoms with Gasteiger partial charge in [-0.05, 0) is 26.3 Å². The minimum atomic E-state index is 0.0363. The van der Waals surface area contributed by atoms with Crippen molar-refractivity contribution in [1.29, 1.82) is 0 Å². The number of carbonyl (C=O) groups excluding carboxylic acids is 1. The van der Waals surface area contributed by atoms with Crippen molar-refractivity contribution < 1.29 is 4.79 Å². The van der Waals surface area contributed by atoms with Crippen molar-refractivity contribution in [3.05, 3.63) is 0 Å². The van der Waals surface area contributed by atoms with Crippen molar-refractivity contribution in [2.45, 2.75) is 60.0 Å². The molecule has 0 saturated carbocycles. The molecule has 0 aromatic rings. The first-order valence-electron chi connectivity index (χ1n) is 5.46. The van der Waals surface area contributed by atoms with Gasteiger partial charge in [0.2, 0.25) is 0 Å². The third-order valence-corrected chi connectivity index (χ3v) is 3.29. The Morgan fingerprint density at radius 2 is 1.71 bits per heavy atom. The van der Waals surface area contributed by atoms with E-state index >= 15 is 0 Å². The number of rotatable bonds is 4. The maximum atomic E-state index is 11.5. The van der Waals surface area contributed by atoms with E-state index in [0.717, 1.165) is 0 Å². The summed E-state index contributed by atoms with van der Waals surface area (Å²) in [6.07, 6.45) is 0.627. The lowest BCUT2D eigenvalue weighted by Gasteiger charge is -2.38. The zero-order valence-electron chi connectivity index (χ0n) is 10.7. The first-order chi connectivity index (χ1) is 6.21. The molecule has 2 unspecified atom stereocenters. The predicted molar refractivity (Wildman–Crippen MR) is 61.4 cm³/mol. The second-order valence-electron chi connectivity index (χ2n) is 5.20. The Bertz CT molecular complexity index is 193. The van der Waals surface area contributed by atoms with Gasteiger partial charge in [-0.15, -0.1) is 0 Å². The van der Waals surface area contributed by atoms with Crippen molar-refractivity contribution in [2.75, 3.05) is 7.05 Å². The molecule has 0 amide bonds. The van der Waals surface area contributed by atoms with Crippen LogP contribution in [0.5, 0.6) is 0 Å². The summed E-state index contributed by atoms with van der Waals surface area (Å²) < 4.78 is 0. The molecule has 14 heavy (non-hydrogen) atoms. The van der Waals surface area contributed by atoms with E-state index in [4.69, 9.17) is 0 Å². The van der Waals surface area contributed by atoms with Gasteiger partial charge in [0.15, 0.2) is 0 Å². The summed E-state index contributed by atoms with van der Waals surface area (Å²) in [5, 5.41) is 0. The molecule has 0 fully saturated rings. The number of hydrogen-bond donors (Lipinski definition) is 0. The molecule has 0 saturated heterocycles. The normalized spacial score (nSPS) is 16.9. The fraction of sp³-hybridized carbons (Fsp3) is 0.917. The maximum Gasteiger partial charge on any atom is 0.149 e. The molecule has 0 rings (SSSR count). The van der Waals surface area contributed by atoms with Gasteiger partial charge in [-0.25, -0.2) is 0 Å². The first kappa shape index (κ1) is 13.6. The molecule has 0 aliphatic rings. The van der Waals surface area contributed by atoms with Gasteiger partial charge >= 0.3 is 0 Å². The molecular weight excluding hydrogens is 174 g/mol. The maximum absolute atomic E-state index is 11.5. The average molecular weight is 199 g/mol. The van der Waals surface area contributed by atoms with Crippen LogP contribution < -0.4 is 0 Å². The molecule has 0 radical (unpaired) electrons. The van der Waals surface area contributed by atoms with Crippen LogP contribution in [0.15, 0.2) is 0 Å². The number of ketones is 1. The summed E-state index contributed by atoms with van der Waals surface area (Å²) in [4.78, 5) is 13.7. The molecule has 0 spiro atoms. The van der Waals surface area contributed by atoms with Crippen molar-refractivity contribution >= 4 is 5.78 Å². The van der Waals surface area contributed by atoms with E-state index in [1.165, 1.54) is 0 Å². The quantitative estimate of drug-likeness (QED) is 0.694. The number of likely N-dealkylation sites (N-methyl/N-ethyl adjacent to an activating group) is 1. The molecule has 0 heterocycles. The third-order valence-electron chi connectivity index (χ3n) is 3.29. The van der Waals surface area contributed by atoms with Crippen LogP contribution in [0.4, 0.5) is 0 Å². The van der Waals surface area contributed by atoms with Crippen LogP contribution in [0, 0.1) is 5.41 Å². The van der Waals surface area contributed by atoms with Gasteiger partial charge < -0.3 is 0 Å². The standard InChI is InChI=1S/C12H25NO/c1-8-11(14)9(2)13(7)10(3)12(4,5)6/h9-10H,8H2,1-7H3. The topological polar surface area (TPSA) is 20.3 Å². The molecule has 0 aliphatic heterocycles. The molecule has 0 bridgehead atoms. The average Bonchev–Trinajstić information content (AvgIpc) is 2.11. The highest BCUT2D eigenvalue weighted by atomic mass is 16.1. The minimum Gasteiger partial charge on any atom is -0.298 e. The molecule has 2 nitrogen and oxygen atoms in total. The van der Waals surface area contributed by atoms with Crippen LogP contribution in [-0.4, -0.2) is 29.8 Å². The Kier molecular flexibility index (Phi) is 4.79. The summed E-state index contributed by atoms with van der Waals surface area (Å²) in [5.74, 6) is 0.323. The van der Waals surface area contributed by atoms with E-state index in [1.54, 1.807) is 0 Å². The predicted octanol–water partition coefficient (Wildman–Crippen LogP) is 2.72. The number of Topliss-reactive ketones (excluding diaryl/α,β-unsaturated/α-hetero) is 1. The first-order valence-corrected chi connectivity index (χ1v) is 5.46. The van der Waals surface area contributed by atoms with Gasteiger partial charge in [-0.2, -0.15) is 0 Å². The molecule has 0 aromatic carbocycles. The highest BCUT2D eigenvalue weighted by Crippen LogP contribution is 2.24. The fourth-order valence-electron chi connectivity index (χ4n) is 1.47. The smallest absolute Gasteiger partial charge is 0.149 e. The van der Waals surface area contributed by atoms with Gasteiger partial charge in [0.05, 0.1) is 6.04 Å². The summed E-state index contributed by atoms with van der Waals surface area (Å²) in [5.41, 5.74) is 0.219. The zero-order valence-corrected chi connectivity index (χ0v) is 10.7. The SMILES string of the molecule is CCC(=O)C(C)N(C)C(C)C(C)(C)C. The van der Waals surface area contributed by atoms with Crippen molar-refractivity contribution in [3.8, 4) is 0 Å². The Hall–Kier alpha value is -0.370. The van der Waals surface area contributed by atoms with E-state index in [0.29, 0.717) is 18.2 Å². The van der Waals surface area contributed by atoms with Gasteiger partial charge in [-0.3, -0.25) is 9.69 Å². The van der Waals surface area contributed by atoms with E-state index in [2.05, 4.69) is 32.6 Å². The molecule has 0 aromatic heterocycles. The summed E-state index contributed by atoms with van der Waals surface area (Å²) >= 11 is 0. The molecular formula is C12H25NO. The molecule has 0 aliphatic carbocycles. The lowest BCUT2D eigenvalue weighted by atomic mass is 9.86. The highest BCUT2D eigenvalue weighted by molar-refractivity contribution is 5.83. The lowest BCUT2D eigenvalue weighted by molar-refractivity contribution is -0.124. The van der Waals surface area contributed by atoms with Crippen LogP contribution in [0.2, 0.25) is 0 Å². The van der Waals surface area contributed by atoms with Crippen molar-refractivity contribution in [2.24, 2.45) is 5.41 Å². The Balaban J connectivity index is 4.46. The van der Waals surface area contributed by atoms with Crippen molar-refractivity contribution in [1.82, 2.24) is 4.90 Å². The molecule has 2 heteroatoms. The third kappa shape index (κ3) is 3.41. The van der Waals surface area contributed by atoms with Crippen LogP contribution in [0.25, 0.3) is 0 Å². The largest absolute Gasteiger partial charge is 0.298 e. The number of carbonyl (C=O) groups is 1. The zero-order chi connectivity index (χ0) is 11.5. The second kappa shape index (κ2) is 4.92. The van der Waals surface area contributed by atoms with Gasteiger partial charge in [0.25, 0.3) is 0 Å². The summed E-state index contributed by atoms with van der Waals surface area (Å²) in [6.45, 7) is 12.7. The van der Waals surface area contributed by atoms with Crippen LogP contribution in [0.3, 0.4) is 0 Å². The van der Waals surface area contributed by atoms with E-state index in [-0.39, 0.29) is 11.5 Å². The molecule has 84 valence electrons. The second-order valence-corrected chi connectivity index (χ2v) is 5.20. The van der Waals surface area contributed by atoms with Crippen molar-refractivity contribution in [3.63, 3.8) is 0 Å². The Labute approximate surface area is 88.7 Å². The number of nitrogens with zero attached hydrogens (tertiary/aromatic N) is 1. The highest BCUT2D eigenvalue weighted by Gasteiger charge is 2.28. The van der Waals surface area contributed by atoms with Gasteiger partial charge in [-0.1, -0.05) is 27.7 Å². The molecule has 0 N–H and O–H groups in total. The van der Waals surface area contributed by atoms with Crippen LogP contribution in [-0.2, 0) is 4.79 Å². The Morgan fingerprint density at radius 1 is 1.29 bits per heavy atom. The lowest BCUT2D eigenvalue weighted by Crippen LogP contribution is -2.47. The van der Waals surface area contributed by atoms with Crippen LogP contribution >= 0.6 is 0 Å². The Morgan fingerprint density at radius 3 is 2.00 bits per heavy atom. The fourth-order valence-corrected chi connectivity index (χ4v) is 1.47. The number of hydrogen-bond acceptors (Lipinski definition) is 2. The minimum absolute atomic E-state index is 0.0363. The summed E-state index contributed by atoms with van der Waals surface area (Å²) in [6, 6.07) is 0.447. The van der Waals surface area contributed by atoms with Gasteiger partial charge in [0, 0.05) is 12.5 Å². The van der Waals surface area contributed by atoms with E-state index in [1.807, 2.05) is 20.9 Å². The van der Waals surface area contributed by atoms with Crippen LogP contribution in [0.1, 0.15) is 48.0 Å². The monoisotopic (exact) mass is 199 g/mol. The van der Waals surface area contributed by atoms with E-state index in [9.17, 15) is 4.79 Å². The molecule has 2 atom stereocenters. The van der Waals surface area contributed by atoms with E-state index < -0.39 is 0 Å². The summed E-state index contributed by atoms with van der Waals surface area (Å²) in [7, 11) is 2.04. The van der Waals surface area contributed by atoms with Gasteiger partial charge in [0.1, 0.15) is 5.78 Å².